The van der Waals surface area contributed by atoms with Gasteiger partial charge < -0.3 is 14.8 Å². The van der Waals surface area contributed by atoms with Crippen LogP contribution in [0.4, 0.5) is 13.2 Å². The highest BCUT2D eigenvalue weighted by atomic mass is 19.4. The van der Waals surface area contributed by atoms with Crippen LogP contribution in [-0.2, 0) is 17.5 Å². The van der Waals surface area contributed by atoms with Gasteiger partial charge >= 0.3 is 6.18 Å². The summed E-state index contributed by atoms with van der Waals surface area (Å²) in [7, 11) is 5.39. The van der Waals surface area contributed by atoms with E-state index in [4.69, 9.17) is 9.47 Å². The molecule has 2 N–H and O–H groups in total. The minimum Gasteiger partial charge on any atom is -0.493 e. The lowest BCUT2D eigenvalue weighted by molar-refractivity contribution is -0.138. The van der Waals surface area contributed by atoms with Crippen molar-refractivity contribution >= 4 is 0 Å². The monoisotopic (exact) mass is 414 g/mol. The van der Waals surface area contributed by atoms with Crippen LogP contribution in [0.5, 0.6) is 5.75 Å². The number of benzene rings is 1. The molecule has 2 aromatic rings. The van der Waals surface area contributed by atoms with Crippen LogP contribution in [0.3, 0.4) is 0 Å². The molecular weight excluding hydrogens is 385 g/mol. The van der Waals surface area contributed by atoms with Crippen LogP contribution >= 0.6 is 0 Å². The van der Waals surface area contributed by atoms with Crippen molar-refractivity contribution in [2.75, 3.05) is 47.5 Å². The Morgan fingerprint density at radius 2 is 1.97 bits per heavy atom. The molecule has 162 valence electrons. The second-order valence-electron chi connectivity index (χ2n) is 6.94. The van der Waals surface area contributed by atoms with E-state index in [1.54, 1.807) is 19.4 Å². The number of nitrogens with one attached hydrogen (secondary N) is 2. The summed E-state index contributed by atoms with van der Waals surface area (Å²) in [4.78, 5) is 2.07. The number of halogens is 3. The normalized spacial score (nSPS) is 12.0. The summed E-state index contributed by atoms with van der Waals surface area (Å²) < 4.78 is 51.4. The molecule has 0 spiro atoms. The molecule has 0 amide bonds. The third-order valence-corrected chi connectivity index (χ3v) is 4.63. The fraction of sp³-hybridized carbons (Fsp3) is 0.550. The molecule has 0 aliphatic carbocycles. The second kappa shape index (κ2) is 10.6. The fourth-order valence-electron chi connectivity index (χ4n) is 3.06. The number of aromatic nitrogens is 2. The number of H-pyrrole nitrogens is 1. The van der Waals surface area contributed by atoms with Crippen molar-refractivity contribution in [2.24, 2.45) is 0 Å². The summed E-state index contributed by atoms with van der Waals surface area (Å²) in [6.45, 7) is 4.38. The lowest BCUT2D eigenvalue weighted by Gasteiger charge is -2.19. The molecule has 0 radical (unpaired) electrons. The fourth-order valence-corrected chi connectivity index (χ4v) is 3.06. The van der Waals surface area contributed by atoms with Gasteiger partial charge in [-0.15, -0.1) is 0 Å². The predicted octanol–water partition coefficient (Wildman–Crippen LogP) is 3.47. The van der Waals surface area contributed by atoms with E-state index < -0.39 is 11.7 Å². The minimum absolute atomic E-state index is 0.155. The van der Waals surface area contributed by atoms with Crippen LogP contribution in [0.15, 0.2) is 18.3 Å². The zero-order chi connectivity index (χ0) is 21.4. The molecule has 9 heteroatoms. The van der Waals surface area contributed by atoms with Crippen LogP contribution < -0.4 is 10.1 Å². The standard InChI is InChI=1S/C20H29F3N4O2/c1-14-16(17-12-25-26-19(17)13-27(3)7-6-24-2)10-15(29-9-5-8-28-4)11-18(14)20(21,22)23/h10-12,24H,5-9,13H2,1-4H3,(H,25,26). The number of hydrogen-bond acceptors (Lipinski definition) is 5. The molecule has 6 nitrogen and oxygen atoms in total. The third-order valence-electron chi connectivity index (χ3n) is 4.63. The maximum atomic E-state index is 13.6. The molecule has 0 aliphatic heterocycles. The Morgan fingerprint density at radius 3 is 2.62 bits per heavy atom. The topological polar surface area (TPSA) is 62.4 Å². The van der Waals surface area contributed by atoms with Gasteiger partial charge in [0, 0.05) is 45.3 Å². The maximum Gasteiger partial charge on any atom is 0.416 e. The van der Waals surface area contributed by atoms with Crippen LogP contribution in [0.25, 0.3) is 11.1 Å². The van der Waals surface area contributed by atoms with Crippen molar-refractivity contribution in [1.82, 2.24) is 20.4 Å². The Hall–Kier alpha value is -2.10. The van der Waals surface area contributed by atoms with Gasteiger partial charge in [-0.25, -0.2) is 0 Å². The van der Waals surface area contributed by atoms with Crippen LogP contribution in [0.1, 0.15) is 23.2 Å². The lowest BCUT2D eigenvalue weighted by Crippen LogP contribution is -2.27. The summed E-state index contributed by atoms with van der Waals surface area (Å²) in [6.07, 6.45) is -2.31. The van der Waals surface area contributed by atoms with Crippen LogP contribution in [0.2, 0.25) is 0 Å². The first-order valence-corrected chi connectivity index (χ1v) is 9.47. The Kier molecular flexibility index (Phi) is 8.48. The first kappa shape index (κ1) is 23.2. The molecule has 0 saturated heterocycles. The number of aromatic amines is 1. The summed E-state index contributed by atoms with van der Waals surface area (Å²) >= 11 is 0. The predicted molar refractivity (Wildman–Crippen MR) is 106 cm³/mol. The van der Waals surface area contributed by atoms with Gasteiger partial charge in [0.05, 0.1) is 24.1 Å². The van der Waals surface area contributed by atoms with Crippen molar-refractivity contribution in [3.8, 4) is 16.9 Å². The van der Waals surface area contributed by atoms with Gasteiger partial charge in [0.2, 0.25) is 0 Å². The van der Waals surface area contributed by atoms with Gasteiger partial charge in [-0.3, -0.25) is 10.00 Å². The van der Waals surface area contributed by atoms with E-state index in [0.29, 0.717) is 30.7 Å². The highest BCUT2D eigenvalue weighted by Crippen LogP contribution is 2.40. The summed E-state index contributed by atoms with van der Waals surface area (Å²) in [5.41, 5.74) is 1.32. The molecule has 0 unspecified atom stereocenters. The van der Waals surface area contributed by atoms with E-state index in [-0.39, 0.29) is 17.9 Å². The third kappa shape index (κ3) is 6.45. The van der Waals surface area contributed by atoms with E-state index >= 15 is 0 Å². The second-order valence-corrected chi connectivity index (χ2v) is 6.94. The van der Waals surface area contributed by atoms with E-state index in [1.807, 2.05) is 14.1 Å². The molecule has 1 aromatic carbocycles. The summed E-state index contributed by atoms with van der Waals surface area (Å²) in [6, 6.07) is 2.71. The number of nitrogens with zero attached hydrogens (tertiary/aromatic N) is 2. The first-order chi connectivity index (χ1) is 13.8. The van der Waals surface area contributed by atoms with Gasteiger partial charge in [-0.2, -0.15) is 18.3 Å². The van der Waals surface area contributed by atoms with Crippen molar-refractivity contribution in [2.45, 2.75) is 26.1 Å². The van der Waals surface area contributed by atoms with E-state index in [2.05, 4.69) is 20.4 Å². The highest BCUT2D eigenvalue weighted by Gasteiger charge is 2.34. The molecular formula is C20H29F3N4O2. The number of rotatable bonds is 11. The maximum absolute atomic E-state index is 13.6. The van der Waals surface area contributed by atoms with Gasteiger partial charge in [0.1, 0.15) is 5.75 Å². The molecule has 1 aromatic heterocycles. The summed E-state index contributed by atoms with van der Waals surface area (Å²) in [5.74, 6) is 0.185. The number of likely N-dealkylation sites (N-methyl/N-ethyl adjacent to an activating group) is 2. The Labute approximate surface area is 169 Å². The van der Waals surface area contributed by atoms with Gasteiger partial charge in [0.15, 0.2) is 0 Å². The quantitative estimate of drug-likeness (QED) is 0.552. The molecule has 0 saturated carbocycles. The van der Waals surface area contributed by atoms with E-state index in [0.717, 1.165) is 24.8 Å². The Bertz CT molecular complexity index is 778. The van der Waals surface area contributed by atoms with Gasteiger partial charge in [-0.05, 0) is 44.3 Å². The largest absolute Gasteiger partial charge is 0.493 e. The lowest BCUT2D eigenvalue weighted by atomic mass is 9.95. The minimum atomic E-state index is -4.47. The molecule has 0 bridgehead atoms. The van der Waals surface area contributed by atoms with Crippen molar-refractivity contribution in [3.63, 3.8) is 0 Å². The number of methoxy groups -OCH3 is 1. The molecule has 0 fully saturated rings. The van der Waals surface area contributed by atoms with Gasteiger partial charge in [-0.1, -0.05) is 0 Å². The number of ether oxygens (including phenoxy) is 2. The first-order valence-electron chi connectivity index (χ1n) is 9.47. The molecule has 0 aliphatic rings. The smallest absolute Gasteiger partial charge is 0.416 e. The van der Waals surface area contributed by atoms with Crippen LogP contribution in [0, 0.1) is 6.92 Å². The van der Waals surface area contributed by atoms with Crippen LogP contribution in [-0.4, -0.2) is 62.6 Å². The summed E-state index contributed by atoms with van der Waals surface area (Å²) in [5, 5.41) is 10.1. The van der Waals surface area contributed by atoms with Crippen molar-refractivity contribution in [3.05, 3.63) is 35.2 Å². The Balaban J connectivity index is 2.37. The van der Waals surface area contributed by atoms with Gasteiger partial charge in [0.25, 0.3) is 0 Å². The molecule has 2 rings (SSSR count). The average Bonchev–Trinajstić information content (AvgIpc) is 3.11. The highest BCUT2D eigenvalue weighted by molar-refractivity contribution is 5.72. The van der Waals surface area contributed by atoms with E-state index in [9.17, 15) is 13.2 Å². The van der Waals surface area contributed by atoms with Crippen molar-refractivity contribution in [1.29, 1.82) is 0 Å². The Morgan fingerprint density at radius 1 is 1.21 bits per heavy atom. The molecule has 0 atom stereocenters. The SMILES string of the molecule is CNCCN(C)Cc1[nH]ncc1-c1cc(OCCCOC)cc(C(F)(F)F)c1C. The molecule has 1 heterocycles. The zero-order valence-electron chi connectivity index (χ0n) is 17.3. The average molecular weight is 414 g/mol. The van der Waals surface area contributed by atoms with Crippen molar-refractivity contribution < 1.29 is 22.6 Å². The molecule has 29 heavy (non-hydrogen) atoms. The number of alkyl halides is 3. The van der Waals surface area contributed by atoms with E-state index in [1.165, 1.54) is 6.92 Å². The number of hydrogen-bond donors (Lipinski definition) is 2. The zero-order valence-corrected chi connectivity index (χ0v) is 17.3.